The monoisotopic (exact) mass is 348 g/mol. The molecule has 0 spiro atoms. The summed E-state index contributed by atoms with van der Waals surface area (Å²) in [6.45, 7) is 8.94. The van der Waals surface area contributed by atoms with E-state index < -0.39 is 14.2 Å². The van der Waals surface area contributed by atoms with Crippen molar-refractivity contribution < 1.29 is 9.53 Å². The fourth-order valence-corrected chi connectivity index (χ4v) is 4.37. The van der Waals surface area contributed by atoms with E-state index in [0.29, 0.717) is 0 Å². The minimum absolute atomic E-state index is 0.268. The van der Waals surface area contributed by atoms with E-state index in [4.69, 9.17) is 10.5 Å². The Morgan fingerprint density at radius 1 is 1.30 bits per heavy atom. The number of aromatic nitrogens is 1. The molecule has 0 aliphatic rings. The number of rotatable bonds is 6. The first-order valence-electron chi connectivity index (χ1n) is 7.73. The zero-order valence-corrected chi connectivity index (χ0v) is 15.9. The van der Waals surface area contributed by atoms with Crippen molar-refractivity contribution in [2.75, 3.05) is 0 Å². The van der Waals surface area contributed by atoms with Gasteiger partial charge in [-0.3, -0.25) is 0 Å². The Balaban J connectivity index is 2.18. The Morgan fingerprint density at radius 3 is 2.43 bits per heavy atom. The van der Waals surface area contributed by atoms with Gasteiger partial charge in [-0.15, -0.1) is 11.3 Å². The zero-order valence-electron chi connectivity index (χ0n) is 14.1. The summed E-state index contributed by atoms with van der Waals surface area (Å²) in [4.78, 5) is 16.7. The molecule has 0 bridgehead atoms. The number of benzene rings is 1. The van der Waals surface area contributed by atoms with E-state index in [1.165, 1.54) is 4.88 Å². The van der Waals surface area contributed by atoms with E-state index >= 15 is 0 Å². The predicted molar refractivity (Wildman–Crippen MR) is 98.5 cm³/mol. The van der Waals surface area contributed by atoms with Gasteiger partial charge in [-0.1, -0.05) is 50.0 Å². The number of ether oxygens (including phenoxy) is 1. The Hall–Kier alpha value is -1.66. The topological polar surface area (TPSA) is 65.2 Å². The highest BCUT2D eigenvalue weighted by atomic mass is 32.1. The Morgan fingerprint density at radius 2 is 1.96 bits per heavy atom. The first kappa shape index (κ1) is 17.7. The van der Waals surface area contributed by atoms with Crippen molar-refractivity contribution in [1.29, 1.82) is 0 Å². The van der Waals surface area contributed by atoms with Gasteiger partial charge in [-0.25, -0.2) is 9.78 Å². The number of carbonyl (C=O) groups is 1. The van der Waals surface area contributed by atoms with E-state index in [-0.39, 0.29) is 6.10 Å². The fraction of sp³-hybridized carbons (Fsp3) is 0.412. The third-order valence-corrected chi connectivity index (χ3v) is 6.47. The quantitative estimate of drug-likeness (QED) is 0.748. The van der Waals surface area contributed by atoms with Gasteiger partial charge in [0.25, 0.3) is 0 Å². The lowest BCUT2D eigenvalue weighted by molar-refractivity contribution is 0.104. The van der Waals surface area contributed by atoms with Crippen LogP contribution in [0.15, 0.2) is 29.8 Å². The lowest BCUT2D eigenvalue weighted by Gasteiger charge is -2.22. The molecule has 1 heterocycles. The van der Waals surface area contributed by atoms with Gasteiger partial charge in [0.05, 0.1) is 16.1 Å². The van der Waals surface area contributed by atoms with E-state index in [1.54, 1.807) is 11.3 Å². The van der Waals surface area contributed by atoms with E-state index in [0.717, 1.165) is 29.3 Å². The van der Waals surface area contributed by atoms with Crippen LogP contribution in [0.5, 0.6) is 0 Å². The van der Waals surface area contributed by atoms with Gasteiger partial charge in [-0.2, -0.15) is 0 Å². The van der Waals surface area contributed by atoms with Crippen molar-refractivity contribution in [2.45, 2.75) is 45.1 Å². The van der Waals surface area contributed by atoms with Crippen molar-refractivity contribution >= 4 is 25.5 Å². The van der Waals surface area contributed by atoms with Gasteiger partial charge < -0.3 is 10.5 Å². The molecule has 1 amide bonds. The Bertz CT molecular complexity index is 662. The number of nitrogens with two attached hydrogens (primary N) is 1. The summed E-state index contributed by atoms with van der Waals surface area (Å²) < 4.78 is 5.34. The maximum absolute atomic E-state index is 11.2. The van der Waals surface area contributed by atoms with Crippen molar-refractivity contribution in [3.05, 3.63) is 41.0 Å². The lowest BCUT2D eigenvalue weighted by Crippen LogP contribution is -2.23. The summed E-state index contributed by atoms with van der Waals surface area (Å²) in [5.74, 6) is 0. The highest BCUT2D eigenvalue weighted by molar-refractivity contribution is 7.13. The van der Waals surface area contributed by atoms with Crippen LogP contribution in [0.4, 0.5) is 4.79 Å². The molecule has 0 saturated heterocycles. The minimum atomic E-state index is -1.20. The first-order valence-corrected chi connectivity index (χ1v) is 12.3. The number of aryl methyl sites for hydroxylation is 1. The molecule has 1 unspecified atom stereocenters. The van der Waals surface area contributed by atoms with Gasteiger partial charge in [-0.05, 0) is 24.5 Å². The average molecular weight is 349 g/mol. The normalized spacial score (nSPS) is 12.9. The second-order valence-electron chi connectivity index (χ2n) is 6.91. The molecule has 0 fully saturated rings. The molecular weight excluding hydrogens is 324 g/mol. The van der Waals surface area contributed by atoms with Gasteiger partial charge in [0, 0.05) is 8.07 Å². The molecule has 0 saturated carbocycles. The van der Waals surface area contributed by atoms with E-state index in [9.17, 15) is 4.79 Å². The summed E-state index contributed by atoms with van der Waals surface area (Å²) in [7, 11) is -1.20. The summed E-state index contributed by atoms with van der Waals surface area (Å²) in [6.07, 6.45) is -0.166. The third-order valence-electron chi connectivity index (χ3n) is 3.71. The second kappa shape index (κ2) is 7.27. The second-order valence-corrected chi connectivity index (χ2v) is 13.4. The fourth-order valence-electron chi connectivity index (χ4n) is 2.43. The summed E-state index contributed by atoms with van der Waals surface area (Å²) >= 11 is 1.63. The van der Waals surface area contributed by atoms with Crippen LogP contribution in [0.2, 0.25) is 25.7 Å². The SMILES string of the molecule is Cc1ncsc1-c1ccc(C(CC[Si](C)(C)C)OC(N)=O)cc1. The molecule has 2 aromatic rings. The highest BCUT2D eigenvalue weighted by Gasteiger charge is 2.21. The Kier molecular flexibility index (Phi) is 5.59. The zero-order chi connectivity index (χ0) is 17.0. The smallest absolute Gasteiger partial charge is 0.405 e. The molecule has 124 valence electrons. The standard InChI is InChI=1S/C17H24N2O2SSi/c1-12-16(22-11-19-12)14-7-5-13(6-8-14)15(21-17(18)20)9-10-23(2,3)4/h5-8,11,15H,9-10H2,1-4H3,(H2,18,20). The highest BCUT2D eigenvalue weighted by Crippen LogP contribution is 2.31. The summed E-state index contributed by atoms with van der Waals surface area (Å²) in [6, 6.07) is 9.24. The first-order chi connectivity index (χ1) is 10.8. The predicted octanol–water partition coefficient (Wildman–Crippen LogP) is 4.98. The maximum atomic E-state index is 11.2. The van der Waals surface area contributed by atoms with Crippen molar-refractivity contribution in [1.82, 2.24) is 4.98 Å². The largest absolute Gasteiger partial charge is 0.442 e. The molecule has 6 heteroatoms. The molecule has 2 rings (SSSR count). The average Bonchev–Trinajstić information content (AvgIpc) is 2.88. The molecule has 1 aromatic heterocycles. The van der Waals surface area contributed by atoms with E-state index in [2.05, 4.69) is 36.8 Å². The van der Waals surface area contributed by atoms with Gasteiger partial charge in [0.15, 0.2) is 0 Å². The number of primary amides is 1. The molecular formula is C17H24N2O2SSi. The summed E-state index contributed by atoms with van der Waals surface area (Å²) in [5, 5.41) is 0. The number of carbonyl (C=O) groups excluding carboxylic acids is 1. The van der Waals surface area contributed by atoms with Crippen LogP contribution in [-0.2, 0) is 4.74 Å². The van der Waals surface area contributed by atoms with E-state index in [1.807, 2.05) is 24.6 Å². The molecule has 0 radical (unpaired) electrons. The molecule has 0 aliphatic carbocycles. The van der Waals surface area contributed by atoms with Crippen LogP contribution < -0.4 is 5.73 Å². The minimum Gasteiger partial charge on any atom is -0.442 e. The van der Waals surface area contributed by atoms with Crippen LogP contribution >= 0.6 is 11.3 Å². The number of hydrogen-bond acceptors (Lipinski definition) is 4. The molecule has 0 aliphatic heterocycles. The van der Waals surface area contributed by atoms with Crippen LogP contribution in [-0.4, -0.2) is 19.2 Å². The maximum Gasteiger partial charge on any atom is 0.405 e. The van der Waals surface area contributed by atoms with Crippen molar-refractivity contribution in [3.8, 4) is 10.4 Å². The number of nitrogens with zero attached hydrogens (tertiary/aromatic N) is 1. The molecule has 2 N–H and O–H groups in total. The molecule has 23 heavy (non-hydrogen) atoms. The van der Waals surface area contributed by atoms with Crippen LogP contribution in [0, 0.1) is 6.92 Å². The van der Waals surface area contributed by atoms with Crippen LogP contribution in [0.25, 0.3) is 10.4 Å². The number of hydrogen-bond donors (Lipinski definition) is 1. The third kappa shape index (κ3) is 5.18. The lowest BCUT2D eigenvalue weighted by atomic mass is 10.0. The molecule has 1 aromatic carbocycles. The van der Waals surface area contributed by atoms with Crippen LogP contribution in [0.1, 0.15) is 23.8 Å². The van der Waals surface area contributed by atoms with Gasteiger partial charge in [0.2, 0.25) is 0 Å². The molecule has 4 nitrogen and oxygen atoms in total. The number of amides is 1. The van der Waals surface area contributed by atoms with Crippen molar-refractivity contribution in [2.24, 2.45) is 5.73 Å². The Labute approximate surface area is 142 Å². The van der Waals surface area contributed by atoms with Crippen molar-refractivity contribution in [3.63, 3.8) is 0 Å². The van der Waals surface area contributed by atoms with Gasteiger partial charge in [0.1, 0.15) is 6.10 Å². The number of thiazole rings is 1. The van der Waals surface area contributed by atoms with Gasteiger partial charge >= 0.3 is 6.09 Å². The molecule has 1 atom stereocenters. The van der Waals surface area contributed by atoms with Crippen LogP contribution in [0.3, 0.4) is 0 Å². The summed E-state index contributed by atoms with van der Waals surface area (Å²) in [5.41, 5.74) is 10.3.